The molecule has 2 N–H and O–H groups in total. The Morgan fingerprint density at radius 2 is 1.88 bits per heavy atom. The van der Waals surface area contributed by atoms with E-state index >= 15 is 0 Å². The van der Waals surface area contributed by atoms with E-state index in [1.807, 2.05) is 23.1 Å². The fourth-order valence-corrected chi connectivity index (χ4v) is 2.96. The van der Waals surface area contributed by atoms with Gasteiger partial charge in [-0.1, -0.05) is 30.3 Å². The second kappa shape index (κ2) is 8.43. The summed E-state index contributed by atoms with van der Waals surface area (Å²) in [6.45, 7) is 3.54. The van der Waals surface area contributed by atoms with Gasteiger partial charge in [-0.3, -0.25) is 0 Å². The van der Waals surface area contributed by atoms with Crippen molar-refractivity contribution in [3.8, 4) is 0 Å². The van der Waals surface area contributed by atoms with Crippen molar-refractivity contribution in [1.29, 1.82) is 0 Å². The number of carbonyl (C=O) groups excluding carboxylic acids is 1. The molecule has 1 fully saturated rings. The lowest BCUT2D eigenvalue weighted by Crippen LogP contribution is -2.52. The minimum Gasteiger partial charge on any atom is -0.352 e. The van der Waals surface area contributed by atoms with Crippen LogP contribution in [-0.2, 0) is 0 Å². The summed E-state index contributed by atoms with van der Waals surface area (Å²) < 4.78 is 0. The third kappa shape index (κ3) is 4.67. The molecule has 132 valence electrons. The maximum atomic E-state index is 12.6. The molecule has 3 rings (SSSR count). The Balaban J connectivity index is 1.54. The molecular weight excluding hydrogens is 316 g/mol. The molecule has 7 heteroatoms. The maximum absolute atomic E-state index is 12.6. The van der Waals surface area contributed by atoms with Gasteiger partial charge in [0.15, 0.2) is 0 Å². The van der Waals surface area contributed by atoms with E-state index in [1.165, 1.54) is 5.56 Å². The van der Waals surface area contributed by atoms with E-state index in [1.54, 1.807) is 18.5 Å². The van der Waals surface area contributed by atoms with Gasteiger partial charge in [0.25, 0.3) is 0 Å². The fourth-order valence-electron chi connectivity index (χ4n) is 2.96. The quantitative estimate of drug-likeness (QED) is 0.809. The van der Waals surface area contributed by atoms with Gasteiger partial charge in [0.1, 0.15) is 0 Å². The maximum Gasteiger partial charge on any atom is 0.318 e. The molecule has 0 unspecified atom stereocenters. The molecule has 0 aliphatic carbocycles. The van der Waals surface area contributed by atoms with Crippen molar-refractivity contribution in [3.63, 3.8) is 0 Å². The Bertz CT molecular complexity index is 666. The zero-order valence-corrected chi connectivity index (χ0v) is 14.4. The largest absolute Gasteiger partial charge is 0.352 e. The van der Waals surface area contributed by atoms with E-state index in [4.69, 9.17) is 0 Å². The molecule has 1 aliphatic rings. The Morgan fingerprint density at radius 1 is 1.12 bits per heavy atom. The minimum absolute atomic E-state index is 0.0299. The van der Waals surface area contributed by atoms with Crippen LogP contribution in [0.15, 0.2) is 48.8 Å². The summed E-state index contributed by atoms with van der Waals surface area (Å²) in [7, 11) is 2.09. The lowest BCUT2D eigenvalue weighted by Gasteiger charge is -2.40. The molecule has 25 heavy (non-hydrogen) atoms. The van der Waals surface area contributed by atoms with Crippen LogP contribution in [0.1, 0.15) is 11.6 Å². The number of piperazine rings is 1. The summed E-state index contributed by atoms with van der Waals surface area (Å²) in [4.78, 5) is 25.0. The third-order valence-electron chi connectivity index (χ3n) is 4.28. The molecule has 1 aliphatic heterocycles. The first-order valence-electron chi connectivity index (χ1n) is 8.53. The van der Waals surface area contributed by atoms with Gasteiger partial charge in [0.2, 0.25) is 5.95 Å². The van der Waals surface area contributed by atoms with Crippen molar-refractivity contribution in [1.82, 2.24) is 25.1 Å². The zero-order chi connectivity index (χ0) is 17.5. The van der Waals surface area contributed by atoms with E-state index in [9.17, 15) is 4.79 Å². The molecule has 0 saturated carbocycles. The first-order chi connectivity index (χ1) is 12.2. The number of hydrogen-bond donors (Lipinski definition) is 2. The van der Waals surface area contributed by atoms with E-state index < -0.39 is 0 Å². The van der Waals surface area contributed by atoms with Gasteiger partial charge >= 0.3 is 6.03 Å². The van der Waals surface area contributed by atoms with E-state index in [2.05, 4.69) is 44.7 Å². The molecule has 1 atom stereocenters. The summed E-state index contributed by atoms with van der Waals surface area (Å²) >= 11 is 0. The number of amides is 2. The number of rotatable bonds is 5. The highest BCUT2D eigenvalue weighted by Gasteiger charge is 2.29. The Labute approximate surface area is 148 Å². The van der Waals surface area contributed by atoms with Crippen LogP contribution in [0.5, 0.6) is 0 Å². The molecule has 1 saturated heterocycles. The van der Waals surface area contributed by atoms with Gasteiger partial charge in [-0.25, -0.2) is 14.8 Å². The smallest absolute Gasteiger partial charge is 0.318 e. The zero-order valence-electron chi connectivity index (χ0n) is 14.4. The molecule has 1 aromatic heterocycles. The average molecular weight is 340 g/mol. The van der Waals surface area contributed by atoms with Crippen LogP contribution >= 0.6 is 0 Å². The summed E-state index contributed by atoms with van der Waals surface area (Å²) in [5.41, 5.74) is 1.17. The molecular formula is C18H24N6O. The average Bonchev–Trinajstić information content (AvgIpc) is 2.66. The lowest BCUT2D eigenvalue weighted by molar-refractivity contribution is 0.109. The van der Waals surface area contributed by atoms with Gasteiger partial charge in [-0.2, -0.15) is 0 Å². The van der Waals surface area contributed by atoms with Crippen LogP contribution in [-0.4, -0.2) is 65.6 Å². The number of anilines is 1. The Hall–Kier alpha value is -2.67. The number of urea groups is 1. The van der Waals surface area contributed by atoms with Crippen LogP contribution in [0.4, 0.5) is 10.7 Å². The topological polar surface area (TPSA) is 73.4 Å². The highest BCUT2D eigenvalue weighted by molar-refractivity contribution is 5.75. The number of hydrogen-bond acceptors (Lipinski definition) is 5. The number of benzene rings is 1. The Kier molecular flexibility index (Phi) is 5.79. The van der Waals surface area contributed by atoms with Gasteiger partial charge < -0.3 is 20.4 Å². The normalized spacial score (nSPS) is 18.0. The fraction of sp³-hybridized carbons (Fsp3) is 0.389. The second-order valence-corrected chi connectivity index (χ2v) is 6.11. The van der Waals surface area contributed by atoms with Crippen LogP contribution < -0.4 is 10.6 Å². The SMILES string of the molecule is CN1CCN(C(=O)NCCNc2ncccn2)[C@H](c2ccccc2)C1. The molecule has 7 nitrogen and oxygen atoms in total. The second-order valence-electron chi connectivity index (χ2n) is 6.11. The number of nitrogens with one attached hydrogen (secondary N) is 2. The molecule has 0 radical (unpaired) electrons. The van der Waals surface area contributed by atoms with E-state index in [0.29, 0.717) is 19.0 Å². The predicted molar refractivity (Wildman–Crippen MR) is 97.3 cm³/mol. The van der Waals surface area contributed by atoms with Crippen molar-refractivity contribution in [2.75, 3.05) is 45.1 Å². The highest BCUT2D eigenvalue weighted by atomic mass is 16.2. The number of nitrogens with zero attached hydrogens (tertiary/aromatic N) is 4. The number of likely N-dealkylation sites (N-methyl/N-ethyl adjacent to an activating group) is 1. The van der Waals surface area contributed by atoms with Gasteiger partial charge in [-0.05, 0) is 18.7 Å². The number of aromatic nitrogens is 2. The van der Waals surface area contributed by atoms with Gasteiger partial charge in [0.05, 0.1) is 6.04 Å². The Morgan fingerprint density at radius 3 is 2.64 bits per heavy atom. The highest BCUT2D eigenvalue weighted by Crippen LogP contribution is 2.24. The molecule has 2 amide bonds. The van der Waals surface area contributed by atoms with Gasteiger partial charge in [0, 0.05) is 45.1 Å². The van der Waals surface area contributed by atoms with Crippen molar-refractivity contribution in [2.24, 2.45) is 0 Å². The predicted octanol–water partition coefficient (Wildman–Crippen LogP) is 1.59. The van der Waals surface area contributed by atoms with E-state index in [0.717, 1.165) is 19.6 Å². The van der Waals surface area contributed by atoms with Crippen LogP contribution in [0, 0.1) is 0 Å². The summed E-state index contributed by atoms with van der Waals surface area (Å²) in [5.74, 6) is 0.568. The van der Waals surface area contributed by atoms with Crippen LogP contribution in [0.25, 0.3) is 0 Å². The third-order valence-corrected chi connectivity index (χ3v) is 4.28. The van der Waals surface area contributed by atoms with Crippen molar-refractivity contribution >= 4 is 12.0 Å². The first-order valence-corrected chi connectivity index (χ1v) is 8.53. The van der Waals surface area contributed by atoms with Gasteiger partial charge in [-0.15, -0.1) is 0 Å². The summed E-state index contributed by atoms with van der Waals surface area (Å²) in [5, 5.41) is 6.08. The van der Waals surface area contributed by atoms with E-state index in [-0.39, 0.29) is 12.1 Å². The molecule has 0 bridgehead atoms. The standard InChI is InChI=1S/C18H24N6O/c1-23-12-13-24(16(14-23)15-6-3-2-4-7-15)18(25)22-11-10-21-17-19-8-5-9-20-17/h2-9,16H,10-14H2,1H3,(H,22,25)(H,19,20,21)/t16-/m0/s1. The van der Waals surface area contributed by atoms with Crippen molar-refractivity contribution in [2.45, 2.75) is 6.04 Å². The number of carbonyl (C=O) groups is 1. The summed E-state index contributed by atoms with van der Waals surface area (Å²) in [6.07, 6.45) is 3.37. The molecule has 2 heterocycles. The van der Waals surface area contributed by atoms with Crippen molar-refractivity contribution < 1.29 is 4.79 Å². The van der Waals surface area contributed by atoms with Crippen LogP contribution in [0.3, 0.4) is 0 Å². The summed E-state index contributed by atoms with van der Waals surface area (Å²) in [6, 6.07) is 12.0. The molecule has 2 aromatic rings. The lowest BCUT2D eigenvalue weighted by atomic mass is 10.0. The minimum atomic E-state index is -0.0299. The molecule has 0 spiro atoms. The van der Waals surface area contributed by atoms with Crippen LogP contribution in [0.2, 0.25) is 0 Å². The monoisotopic (exact) mass is 340 g/mol. The molecule has 1 aromatic carbocycles. The first kappa shape index (κ1) is 17.2. The van der Waals surface area contributed by atoms with Crippen molar-refractivity contribution in [3.05, 3.63) is 54.4 Å².